The Hall–Kier alpha value is -1.63. The first-order chi connectivity index (χ1) is 10.3. The van der Waals surface area contributed by atoms with Crippen molar-refractivity contribution in [1.82, 2.24) is 5.32 Å². The van der Waals surface area contributed by atoms with Crippen molar-refractivity contribution in [3.63, 3.8) is 0 Å². The Kier molecular flexibility index (Phi) is 5.98. The summed E-state index contributed by atoms with van der Waals surface area (Å²) in [4.78, 5) is 11.5. The van der Waals surface area contributed by atoms with Crippen molar-refractivity contribution in [2.75, 3.05) is 33.7 Å². The number of hydrogen-bond donors (Lipinski definition) is 1. The SMILES string of the molecule is CCOC(=O)[C@H]1N[C@@H]1c1ccc(OCOCCOC)cc1. The van der Waals surface area contributed by atoms with Gasteiger partial charge < -0.3 is 18.9 Å². The number of carbonyl (C=O) groups is 1. The van der Waals surface area contributed by atoms with E-state index in [4.69, 9.17) is 18.9 Å². The molecular weight excluding hydrogens is 274 g/mol. The number of carbonyl (C=O) groups excluding carboxylic acids is 1. The van der Waals surface area contributed by atoms with Crippen molar-refractivity contribution < 1.29 is 23.7 Å². The van der Waals surface area contributed by atoms with Crippen LogP contribution in [0.2, 0.25) is 0 Å². The Morgan fingerprint density at radius 1 is 1.24 bits per heavy atom. The molecule has 1 heterocycles. The molecule has 1 aromatic carbocycles. The highest BCUT2D eigenvalue weighted by Crippen LogP contribution is 2.31. The first kappa shape index (κ1) is 15.8. The van der Waals surface area contributed by atoms with Gasteiger partial charge in [-0.1, -0.05) is 12.1 Å². The number of nitrogens with one attached hydrogen (secondary N) is 1. The topological polar surface area (TPSA) is 75.9 Å². The summed E-state index contributed by atoms with van der Waals surface area (Å²) in [5.74, 6) is 0.527. The molecule has 1 aliphatic rings. The molecule has 116 valence electrons. The van der Waals surface area contributed by atoms with Crippen LogP contribution in [0.1, 0.15) is 18.5 Å². The van der Waals surface area contributed by atoms with Gasteiger partial charge >= 0.3 is 5.97 Å². The fourth-order valence-corrected chi connectivity index (χ4v) is 1.95. The van der Waals surface area contributed by atoms with Gasteiger partial charge in [0.05, 0.1) is 25.9 Å². The van der Waals surface area contributed by atoms with Crippen molar-refractivity contribution in [2.45, 2.75) is 19.0 Å². The van der Waals surface area contributed by atoms with E-state index in [1.54, 1.807) is 14.0 Å². The third-order valence-corrected chi connectivity index (χ3v) is 3.10. The van der Waals surface area contributed by atoms with E-state index in [9.17, 15) is 4.79 Å². The van der Waals surface area contributed by atoms with Crippen LogP contribution in [0.25, 0.3) is 0 Å². The lowest BCUT2D eigenvalue weighted by molar-refractivity contribution is -0.142. The summed E-state index contributed by atoms with van der Waals surface area (Å²) in [6.07, 6.45) is 0. The Morgan fingerprint density at radius 3 is 2.67 bits per heavy atom. The molecule has 0 aliphatic carbocycles. The highest BCUT2D eigenvalue weighted by molar-refractivity contribution is 5.80. The molecule has 1 aromatic rings. The molecule has 2 rings (SSSR count). The lowest BCUT2D eigenvalue weighted by Crippen LogP contribution is -2.13. The highest BCUT2D eigenvalue weighted by Gasteiger charge is 2.44. The van der Waals surface area contributed by atoms with E-state index in [0.717, 1.165) is 11.3 Å². The van der Waals surface area contributed by atoms with Crippen molar-refractivity contribution in [3.05, 3.63) is 29.8 Å². The molecule has 0 unspecified atom stereocenters. The molecule has 1 fully saturated rings. The summed E-state index contributed by atoms with van der Waals surface area (Å²) >= 11 is 0. The van der Waals surface area contributed by atoms with Crippen molar-refractivity contribution in [1.29, 1.82) is 0 Å². The maximum atomic E-state index is 11.5. The largest absolute Gasteiger partial charge is 0.468 e. The van der Waals surface area contributed by atoms with E-state index in [2.05, 4.69) is 5.32 Å². The van der Waals surface area contributed by atoms with Crippen LogP contribution in [0, 0.1) is 0 Å². The van der Waals surface area contributed by atoms with Gasteiger partial charge in [0.2, 0.25) is 0 Å². The highest BCUT2D eigenvalue weighted by atomic mass is 16.7. The van der Waals surface area contributed by atoms with Crippen LogP contribution in [0.3, 0.4) is 0 Å². The van der Waals surface area contributed by atoms with E-state index in [1.807, 2.05) is 24.3 Å². The Bertz CT molecular complexity index is 448. The Labute approximate surface area is 124 Å². The first-order valence-electron chi connectivity index (χ1n) is 6.98. The number of rotatable bonds is 9. The summed E-state index contributed by atoms with van der Waals surface area (Å²) in [6, 6.07) is 7.39. The maximum Gasteiger partial charge on any atom is 0.325 e. The fraction of sp³-hybridized carbons (Fsp3) is 0.533. The van der Waals surface area contributed by atoms with Crippen LogP contribution in [0.5, 0.6) is 5.75 Å². The molecule has 6 heteroatoms. The lowest BCUT2D eigenvalue weighted by Gasteiger charge is -2.07. The molecular formula is C15H21NO5. The van der Waals surface area contributed by atoms with Gasteiger partial charge in [-0.05, 0) is 24.6 Å². The zero-order valence-electron chi connectivity index (χ0n) is 12.3. The lowest BCUT2D eigenvalue weighted by atomic mass is 10.1. The fourth-order valence-electron chi connectivity index (χ4n) is 1.95. The van der Waals surface area contributed by atoms with Gasteiger partial charge in [0.25, 0.3) is 0 Å². The molecule has 21 heavy (non-hydrogen) atoms. The van der Waals surface area contributed by atoms with Crippen molar-refractivity contribution >= 4 is 5.97 Å². The molecule has 2 atom stereocenters. The second-order valence-corrected chi connectivity index (χ2v) is 4.61. The van der Waals surface area contributed by atoms with Gasteiger partial charge in [-0.3, -0.25) is 10.1 Å². The van der Waals surface area contributed by atoms with Crippen LogP contribution in [0.4, 0.5) is 0 Å². The maximum absolute atomic E-state index is 11.5. The van der Waals surface area contributed by atoms with Gasteiger partial charge in [0.1, 0.15) is 11.8 Å². The van der Waals surface area contributed by atoms with Crippen molar-refractivity contribution in [2.24, 2.45) is 0 Å². The summed E-state index contributed by atoms with van der Waals surface area (Å²) < 4.78 is 20.5. The van der Waals surface area contributed by atoms with E-state index in [-0.39, 0.29) is 24.8 Å². The van der Waals surface area contributed by atoms with Gasteiger partial charge in [0.15, 0.2) is 6.79 Å². The quantitative estimate of drug-likeness (QED) is 0.320. The molecule has 0 radical (unpaired) electrons. The monoisotopic (exact) mass is 295 g/mol. The zero-order valence-corrected chi connectivity index (χ0v) is 12.3. The van der Waals surface area contributed by atoms with Gasteiger partial charge in [-0.25, -0.2) is 0 Å². The van der Waals surface area contributed by atoms with E-state index in [1.165, 1.54) is 0 Å². The molecule has 0 bridgehead atoms. The molecule has 1 N–H and O–H groups in total. The molecule has 0 amide bonds. The van der Waals surface area contributed by atoms with Crippen LogP contribution < -0.4 is 10.1 Å². The Balaban J connectivity index is 1.74. The number of esters is 1. The van der Waals surface area contributed by atoms with Gasteiger partial charge in [-0.2, -0.15) is 0 Å². The number of methoxy groups -OCH3 is 1. The van der Waals surface area contributed by atoms with E-state index in [0.29, 0.717) is 19.8 Å². The molecule has 1 aliphatic heterocycles. The molecule has 1 saturated heterocycles. The van der Waals surface area contributed by atoms with Crippen LogP contribution >= 0.6 is 0 Å². The summed E-state index contributed by atoms with van der Waals surface area (Å²) in [5, 5.41) is 3.10. The van der Waals surface area contributed by atoms with Gasteiger partial charge in [0, 0.05) is 7.11 Å². The number of benzene rings is 1. The van der Waals surface area contributed by atoms with Crippen LogP contribution in [0.15, 0.2) is 24.3 Å². The zero-order chi connectivity index (χ0) is 15.1. The normalized spacial score (nSPS) is 20.1. The number of hydrogen-bond acceptors (Lipinski definition) is 6. The van der Waals surface area contributed by atoms with Gasteiger partial charge in [-0.15, -0.1) is 0 Å². The van der Waals surface area contributed by atoms with E-state index >= 15 is 0 Å². The van der Waals surface area contributed by atoms with Crippen LogP contribution in [-0.2, 0) is 19.0 Å². The third kappa shape index (κ3) is 4.70. The molecule has 0 saturated carbocycles. The predicted molar refractivity (Wildman–Crippen MR) is 76.1 cm³/mol. The van der Waals surface area contributed by atoms with Crippen molar-refractivity contribution in [3.8, 4) is 5.75 Å². The summed E-state index contributed by atoms with van der Waals surface area (Å²) in [6.45, 7) is 3.44. The average Bonchev–Trinajstić information content (AvgIpc) is 3.29. The summed E-state index contributed by atoms with van der Waals surface area (Å²) in [7, 11) is 1.62. The smallest absolute Gasteiger partial charge is 0.325 e. The Morgan fingerprint density at radius 2 is 2.00 bits per heavy atom. The molecule has 6 nitrogen and oxygen atoms in total. The molecule has 0 aromatic heterocycles. The minimum absolute atomic E-state index is 0.0380. The first-order valence-corrected chi connectivity index (χ1v) is 6.98. The molecule has 0 spiro atoms. The third-order valence-electron chi connectivity index (χ3n) is 3.10. The second-order valence-electron chi connectivity index (χ2n) is 4.61. The minimum atomic E-state index is -0.228. The second kappa shape index (κ2) is 7.97. The summed E-state index contributed by atoms with van der Waals surface area (Å²) in [5.41, 5.74) is 1.04. The number of ether oxygens (including phenoxy) is 4. The average molecular weight is 295 g/mol. The minimum Gasteiger partial charge on any atom is -0.468 e. The standard InChI is InChI=1S/C15H21NO5/c1-3-20-15(17)14-13(16-14)11-4-6-12(7-5-11)21-10-19-9-8-18-2/h4-7,13-14,16H,3,8-10H2,1-2H3/t13-,14+/m1/s1. The van der Waals surface area contributed by atoms with Crippen LogP contribution in [-0.4, -0.2) is 45.7 Å². The predicted octanol–water partition coefficient (Wildman–Crippen LogP) is 1.26. The van der Waals surface area contributed by atoms with E-state index < -0.39 is 0 Å².